The van der Waals surface area contributed by atoms with Crippen molar-refractivity contribution in [1.82, 2.24) is 9.80 Å². The second-order valence-corrected chi connectivity index (χ2v) is 8.79. The molecule has 1 unspecified atom stereocenters. The molecule has 7 heteroatoms. The molecule has 2 saturated heterocycles. The fourth-order valence-corrected chi connectivity index (χ4v) is 5.26. The number of hydrogen-bond donors (Lipinski definition) is 0. The van der Waals surface area contributed by atoms with Gasteiger partial charge in [0.05, 0.1) is 25.1 Å². The van der Waals surface area contributed by atoms with E-state index in [1.807, 2.05) is 45.5 Å². The zero-order valence-corrected chi connectivity index (χ0v) is 18.3. The van der Waals surface area contributed by atoms with Crippen molar-refractivity contribution in [3.63, 3.8) is 0 Å². The molecule has 0 spiro atoms. The zero-order valence-electron chi connectivity index (χ0n) is 17.5. The Kier molecular flexibility index (Phi) is 6.27. The summed E-state index contributed by atoms with van der Waals surface area (Å²) in [6, 6.07) is 9.54. The average molecular weight is 429 g/mol. The molecule has 2 amide bonds. The van der Waals surface area contributed by atoms with Crippen LogP contribution in [0.4, 0.5) is 0 Å². The van der Waals surface area contributed by atoms with Gasteiger partial charge in [0.2, 0.25) is 5.91 Å². The molecule has 3 heterocycles. The van der Waals surface area contributed by atoms with E-state index in [9.17, 15) is 9.59 Å². The summed E-state index contributed by atoms with van der Waals surface area (Å²) in [4.78, 5) is 30.6. The topological polar surface area (TPSA) is 59.1 Å². The van der Waals surface area contributed by atoms with E-state index >= 15 is 0 Å². The normalized spacial score (nSPS) is 19.7. The van der Waals surface area contributed by atoms with Gasteiger partial charge in [0.15, 0.2) is 0 Å². The first-order valence-electron chi connectivity index (χ1n) is 10.5. The van der Waals surface area contributed by atoms with Crippen LogP contribution in [0.2, 0.25) is 0 Å². The standard InChI is InChI=1S/C23H28N2O4S/c1-28-17-7-8-20(29-2)18(15-17)19-5-3-11-25(19)22(26)16-9-12-24(13-10-16)23(27)21-6-4-14-30-21/h4,6-8,14-16,19H,3,5,9-13H2,1-2H3. The van der Waals surface area contributed by atoms with Gasteiger partial charge in [-0.15, -0.1) is 11.3 Å². The number of carbonyl (C=O) groups is 2. The van der Waals surface area contributed by atoms with Crippen molar-refractivity contribution in [2.45, 2.75) is 31.7 Å². The lowest BCUT2D eigenvalue weighted by Gasteiger charge is -2.35. The Morgan fingerprint density at radius 3 is 2.50 bits per heavy atom. The zero-order chi connectivity index (χ0) is 21.1. The van der Waals surface area contributed by atoms with E-state index in [1.165, 1.54) is 11.3 Å². The van der Waals surface area contributed by atoms with Crippen LogP contribution in [0, 0.1) is 5.92 Å². The van der Waals surface area contributed by atoms with Crippen LogP contribution in [0.1, 0.15) is 47.0 Å². The predicted octanol–water partition coefficient (Wildman–Crippen LogP) is 3.98. The van der Waals surface area contributed by atoms with Crippen LogP contribution >= 0.6 is 11.3 Å². The van der Waals surface area contributed by atoms with E-state index in [4.69, 9.17) is 9.47 Å². The Bertz CT molecular complexity index is 891. The lowest BCUT2D eigenvalue weighted by atomic mass is 9.94. The quantitative estimate of drug-likeness (QED) is 0.723. The van der Waals surface area contributed by atoms with Crippen LogP contribution in [-0.2, 0) is 4.79 Å². The molecule has 0 radical (unpaired) electrons. The van der Waals surface area contributed by atoms with Crippen LogP contribution in [0.15, 0.2) is 35.7 Å². The monoisotopic (exact) mass is 428 g/mol. The van der Waals surface area contributed by atoms with Crippen LogP contribution in [0.5, 0.6) is 11.5 Å². The van der Waals surface area contributed by atoms with Gasteiger partial charge in [0, 0.05) is 31.1 Å². The molecule has 2 aliphatic rings. The Morgan fingerprint density at radius 2 is 1.83 bits per heavy atom. The van der Waals surface area contributed by atoms with E-state index < -0.39 is 0 Å². The third-order valence-corrected chi connectivity index (χ3v) is 7.05. The third-order valence-electron chi connectivity index (χ3n) is 6.20. The molecule has 1 atom stereocenters. The van der Waals surface area contributed by atoms with E-state index in [0.29, 0.717) is 25.9 Å². The second kappa shape index (κ2) is 9.08. The molecule has 0 N–H and O–H groups in total. The van der Waals surface area contributed by atoms with Gasteiger partial charge in [-0.2, -0.15) is 0 Å². The maximum atomic E-state index is 13.4. The fourth-order valence-electron chi connectivity index (χ4n) is 4.57. The minimum absolute atomic E-state index is 0.00771. The predicted molar refractivity (Wildman–Crippen MR) is 116 cm³/mol. The number of piperidine rings is 1. The van der Waals surface area contributed by atoms with Crippen molar-refractivity contribution >= 4 is 23.2 Å². The highest BCUT2D eigenvalue weighted by Crippen LogP contribution is 2.40. The van der Waals surface area contributed by atoms with E-state index in [2.05, 4.69) is 0 Å². The van der Waals surface area contributed by atoms with E-state index in [0.717, 1.165) is 41.3 Å². The first-order valence-corrected chi connectivity index (χ1v) is 11.4. The molecule has 160 valence electrons. The van der Waals surface area contributed by atoms with Crippen molar-refractivity contribution in [3.8, 4) is 11.5 Å². The summed E-state index contributed by atoms with van der Waals surface area (Å²) in [6.07, 6.45) is 3.33. The number of thiophene rings is 1. The number of ether oxygens (including phenoxy) is 2. The summed E-state index contributed by atoms with van der Waals surface area (Å²) >= 11 is 1.47. The Labute approximate surface area is 181 Å². The fraction of sp³-hybridized carbons (Fsp3) is 0.478. The average Bonchev–Trinajstić information content (AvgIpc) is 3.50. The van der Waals surface area contributed by atoms with Gasteiger partial charge >= 0.3 is 0 Å². The van der Waals surface area contributed by atoms with Gasteiger partial charge in [-0.1, -0.05) is 6.07 Å². The molecule has 4 rings (SSSR count). The molecule has 0 saturated carbocycles. The van der Waals surface area contributed by atoms with Crippen LogP contribution < -0.4 is 9.47 Å². The van der Waals surface area contributed by atoms with Crippen LogP contribution in [0.25, 0.3) is 0 Å². The Morgan fingerprint density at radius 1 is 1.03 bits per heavy atom. The number of likely N-dealkylation sites (tertiary alicyclic amines) is 2. The lowest BCUT2D eigenvalue weighted by molar-refractivity contribution is -0.137. The molecular formula is C23H28N2O4S. The molecule has 2 fully saturated rings. The summed E-state index contributed by atoms with van der Waals surface area (Å²) in [5.41, 5.74) is 1.01. The molecule has 0 bridgehead atoms. The highest BCUT2D eigenvalue weighted by atomic mass is 32.1. The van der Waals surface area contributed by atoms with Gasteiger partial charge in [-0.05, 0) is 55.3 Å². The van der Waals surface area contributed by atoms with Crippen molar-refractivity contribution in [1.29, 1.82) is 0 Å². The summed E-state index contributed by atoms with van der Waals surface area (Å²) in [7, 11) is 3.31. The van der Waals surface area contributed by atoms with Gasteiger partial charge in [0.25, 0.3) is 5.91 Å². The van der Waals surface area contributed by atoms with E-state index in [-0.39, 0.29) is 23.8 Å². The van der Waals surface area contributed by atoms with Crippen molar-refractivity contribution in [2.24, 2.45) is 5.92 Å². The first kappa shape index (κ1) is 20.7. The molecule has 30 heavy (non-hydrogen) atoms. The maximum absolute atomic E-state index is 13.4. The van der Waals surface area contributed by atoms with Crippen molar-refractivity contribution < 1.29 is 19.1 Å². The molecule has 0 aliphatic carbocycles. The summed E-state index contributed by atoms with van der Waals surface area (Å²) in [6.45, 7) is 2.03. The first-order chi connectivity index (χ1) is 14.6. The smallest absolute Gasteiger partial charge is 0.263 e. The van der Waals surface area contributed by atoms with Crippen LogP contribution in [-0.4, -0.2) is 55.5 Å². The highest BCUT2D eigenvalue weighted by Gasteiger charge is 2.37. The number of benzene rings is 1. The molecular weight excluding hydrogens is 400 g/mol. The Hall–Kier alpha value is -2.54. The number of rotatable bonds is 5. The van der Waals surface area contributed by atoms with Gasteiger partial charge in [-0.3, -0.25) is 9.59 Å². The number of hydrogen-bond acceptors (Lipinski definition) is 5. The van der Waals surface area contributed by atoms with Crippen molar-refractivity contribution in [2.75, 3.05) is 33.9 Å². The van der Waals surface area contributed by atoms with Crippen molar-refractivity contribution in [3.05, 3.63) is 46.2 Å². The summed E-state index contributed by atoms with van der Waals surface area (Å²) in [5.74, 6) is 1.80. The summed E-state index contributed by atoms with van der Waals surface area (Å²) in [5, 5.41) is 1.92. The van der Waals surface area contributed by atoms with Crippen LogP contribution in [0.3, 0.4) is 0 Å². The lowest BCUT2D eigenvalue weighted by Crippen LogP contribution is -2.44. The minimum Gasteiger partial charge on any atom is -0.497 e. The van der Waals surface area contributed by atoms with Gasteiger partial charge in [0.1, 0.15) is 11.5 Å². The number of carbonyl (C=O) groups excluding carboxylic acids is 2. The third kappa shape index (κ3) is 4.03. The molecule has 2 aliphatic heterocycles. The number of nitrogens with zero attached hydrogens (tertiary/aromatic N) is 2. The highest BCUT2D eigenvalue weighted by molar-refractivity contribution is 7.12. The molecule has 1 aromatic carbocycles. The molecule has 2 aromatic rings. The molecule has 6 nitrogen and oxygen atoms in total. The van der Waals surface area contributed by atoms with Gasteiger partial charge in [-0.25, -0.2) is 0 Å². The summed E-state index contributed by atoms with van der Waals surface area (Å²) < 4.78 is 11.0. The maximum Gasteiger partial charge on any atom is 0.263 e. The SMILES string of the molecule is COc1ccc(OC)c(C2CCCN2C(=O)C2CCN(C(=O)c3cccs3)CC2)c1. The second-order valence-electron chi connectivity index (χ2n) is 7.84. The largest absolute Gasteiger partial charge is 0.497 e. The van der Waals surface area contributed by atoms with Gasteiger partial charge < -0.3 is 19.3 Å². The number of methoxy groups -OCH3 is 2. The van der Waals surface area contributed by atoms with E-state index in [1.54, 1.807) is 14.2 Å². The molecule has 1 aromatic heterocycles. The number of amides is 2. The minimum atomic E-state index is -0.0328. The Balaban J connectivity index is 1.44.